The molecule has 0 aliphatic carbocycles. The monoisotopic (exact) mass is 414 g/mol. The van der Waals surface area contributed by atoms with Crippen molar-refractivity contribution in [3.8, 4) is 28.8 Å². The Bertz CT molecular complexity index is 1220. The van der Waals surface area contributed by atoms with E-state index < -0.39 is 5.97 Å². The third-order valence-electron chi connectivity index (χ3n) is 5.26. The number of ether oxygens (including phenoxy) is 1. The van der Waals surface area contributed by atoms with E-state index in [2.05, 4.69) is 21.9 Å². The number of aryl methyl sites for hydroxylation is 1. The summed E-state index contributed by atoms with van der Waals surface area (Å²) in [5, 5.41) is 4.33. The molecule has 2 aromatic heterocycles. The number of likely N-dealkylation sites (tertiary alicyclic amines) is 1. The van der Waals surface area contributed by atoms with Crippen LogP contribution >= 0.6 is 0 Å². The first kappa shape index (κ1) is 20.4. The van der Waals surface area contributed by atoms with Gasteiger partial charge in [-0.2, -0.15) is 5.10 Å². The molecule has 3 aromatic rings. The summed E-state index contributed by atoms with van der Waals surface area (Å²) in [7, 11) is 3.12. The number of carbonyl (C=O) groups is 2. The van der Waals surface area contributed by atoms with Crippen LogP contribution in [0.5, 0.6) is 0 Å². The molecule has 3 heterocycles. The van der Waals surface area contributed by atoms with E-state index in [-0.39, 0.29) is 17.5 Å². The molecular weight excluding hydrogens is 392 g/mol. The lowest BCUT2D eigenvalue weighted by molar-refractivity contribution is -0.128. The first-order chi connectivity index (χ1) is 15.0. The van der Waals surface area contributed by atoms with E-state index in [1.54, 1.807) is 28.9 Å². The summed E-state index contributed by atoms with van der Waals surface area (Å²) in [5.41, 5.74) is 4.03. The fourth-order valence-electron chi connectivity index (χ4n) is 3.52. The normalized spacial score (nSPS) is 15.5. The summed E-state index contributed by atoms with van der Waals surface area (Å²) in [5.74, 6) is 5.48. The molecule has 1 amide bonds. The van der Waals surface area contributed by atoms with Crippen molar-refractivity contribution >= 4 is 11.9 Å². The zero-order valence-electron chi connectivity index (χ0n) is 17.6. The molecule has 31 heavy (non-hydrogen) atoms. The van der Waals surface area contributed by atoms with Crippen LogP contribution in [-0.4, -0.2) is 52.2 Å². The SMILES string of the molecule is COC(=O)c1cc(-n2nccc2C)cc(-c2cccc(C#C[C@@H]3CCN(C)C3=O)c2)n1. The predicted octanol–water partition coefficient (Wildman–Crippen LogP) is 2.86. The molecule has 0 spiro atoms. The van der Waals surface area contributed by atoms with Crippen molar-refractivity contribution in [3.05, 3.63) is 65.6 Å². The van der Waals surface area contributed by atoms with Gasteiger partial charge in [-0.3, -0.25) is 4.79 Å². The quantitative estimate of drug-likeness (QED) is 0.487. The van der Waals surface area contributed by atoms with Gasteiger partial charge < -0.3 is 9.64 Å². The highest BCUT2D eigenvalue weighted by Gasteiger charge is 2.27. The molecule has 0 radical (unpaired) electrons. The standard InChI is InChI=1S/C24H22N4O3/c1-16-9-11-25-28(16)20-14-21(26-22(15-20)24(30)31-3)19-6-4-5-17(13-19)7-8-18-10-12-27(2)23(18)29/h4-6,9,11,13-15,18H,10,12H2,1-3H3/t18-/m1/s1. The number of rotatable bonds is 3. The highest BCUT2D eigenvalue weighted by atomic mass is 16.5. The average molecular weight is 414 g/mol. The molecule has 1 fully saturated rings. The van der Waals surface area contributed by atoms with Crippen molar-refractivity contribution in [2.75, 3.05) is 20.7 Å². The molecule has 1 atom stereocenters. The minimum absolute atomic E-state index is 0.0651. The summed E-state index contributed by atoms with van der Waals surface area (Å²) in [6, 6.07) is 13.0. The minimum Gasteiger partial charge on any atom is -0.464 e. The number of esters is 1. The third-order valence-corrected chi connectivity index (χ3v) is 5.26. The topological polar surface area (TPSA) is 77.3 Å². The lowest BCUT2D eigenvalue weighted by atomic mass is 10.0. The van der Waals surface area contributed by atoms with E-state index in [0.29, 0.717) is 11.4 Å². The van der Waals surface area contributed by atoms with Crippen molar-refractivity contribution < 1.29 is 14.3 Å². The molecular formula is C24H22N4O3. The first-order valence-corrected chi connectivity index (χ1v) is 9.94. The molecule has 7 nitrogen and oxygen atoms in total. The van der Waals surface area contributed by atoms with Gasteiger partial charge in [-0.05, 0) is 43.7 Å². The molecule has 4 rings (SSSR count). The van der Waals surface area contributed by atoms with Crippen LogP contribution < -0.4 is 0 Å². The fraction of sp³-hybridized carbons (Fsp3) is 0.250. The average Bonchev–Trinajstić information content (AvgIpc) is 3.36. The van der Waals surface area contributed by atoms with E-state index in [9.17, 15) is 9.59 Å². The van der Waals surface area contributed by atoms with E-state index in [1.807, 2.05) is 43.3 Å². The molecule has 7 heteroatoms. The Hall–Kier alpha value is -3.92. The number of aromatic nitrogens is 3. The molecule has 156 valence electrons. The van der Waals surface area contributed by atoms with Crippen LogP contribution in [0, 0.1) is 24.7 Å². The van der Waals surface area contributed by atoms with Gasteiger partial charge in [0.05, 0.1) is 18.5 Å². The molecule has 0 unspecified atom stereocenters. The van der Waals surface area contributed by atoms with Gasteiger partial charge in [-0.1, -0.05) is 24.0 Å². The number of hydrogen-bond acceptors (Lipinski definition) is 5. The maximum absolute atomic E-state index is 12.2. The molecule has 0 bridgehead atoms. The van der Waals surface area contributed by atoms with E-state index in [0.717, 1.165) is 29.8 Å². The second-order valence-electron chi connectivity index (χ2n) is 7.42. The highest BCUT2D eigenvalue weighted by Crippen LogP contribution is 2.23. The Morgan fingerprint density at radius 3 is 2.74 bits per heavy atom. The van der Waals surface area contributed by atoms with Gasteiger partial charge in [-0.25, -0.2) is 14.5 Å². The molecule has 1 aliphatic heterocycles. The Kier molecular flexibility index (Phi) is 5.54. The van der Waals surface area contributed by atoms with Crippen LogP contribution in [0.1, 0.15) is 28.2 Å². The Morgan fingerprint density at radius 2 is 2.06 bits per heavy atom. The zero-order chi connectivity index (χ0) is 22.0. The van der Waals surface area contributed by atoms with Gasteiger partial charge in [0.2, 0.25) is 5.91 Å². The maximum Gasteiger partial charge on any atom is 0.356 e. The van der Waals surface area contributed by atoms with Crippen molar-refractivity contribution in [1.29, 1.82) is 0 Å². The maximum atomic E-state index is 12.2. The summed E-state index contributed by atoms with van der Waals surface area (Å²) >= 11 is 0. The van der Waals surface area contributed by atoms with E-state index in [1.165, 1.54) is 7.11 Å². The second kappa shape index (κ2) is 8.44. The van der Waals surface area contributed by atoms with E-state index >= 15 is 0 Å². The summed E-state index contributed by atoms with van der Waals surface area (Å²) in [6.45, 7) is 2.67. The number of benzene rings is 1. The largest absolute Gasteiger partial charge is 0.464 e. The van der Waals surface area contributed by atoms with Crippen molar-refractivity contribution in [3.63, 3.8) is 0 Å². The number of carbonyl (C=O) groups excluding carboxylic acids is 2. The third kappa shape index (κ3) is 4.19. The predicted molar refractivity (Wildman–Crippen MR) is 115 cm³/mol. The lowest BCUT2D eigenvalue weighted by Crippen LogP contribution is -2.21. The zero-order valence-corrected chi connectivity index (χ0v) is 17.6. The van der Waals surface area contributed by atoms with Crippen molar-refractivity contribution in [2.45, 2.75) is 13.3 Å². The number of nitrogens with zero attached hydrogens (tertiary/aromatic N) is 4. The van der Waals surface area contributed by atoms with Crippen LogP contribution in [0.2, 0.25) is 0 Å². The number of methoxy groups -OCH3 is 1. The van der Waals surface area contributed by atoms with Crippen LogP contribution in [-0.2, 0) is 9.53 Å². The first-order valence-electron chi connectivity index (χ1n) is 9.94. The van der Waals surface area contributed by atoms with Crippen molar-refractivity contribution in [1.82, 2.24) is 19.7 Å². The lowest BCUT2D eigenvalue weighted by Gasteiger charge is -2.10. The van der Waals surface area contributed by atoms with Crippen LogP contribution in [0.25, 0.3) is 16.9 Å². The van der Waals surface area contributed by atoms with Gasteiger partial charge >= 0.3 is 5.97 Å². The minimum atomic E-state index is -0.521. The smallest absolute Gasteiger partial charge is 0.356 e. The number of hydrogen-bond donors (Lipinski definition) is 0. The van der Waals surface area contributed by atoms with Crippen LogP contribution in [0.15, 0.2) is 48.7 Å². The Labute approximate surface area is 180 Å². The Morgan fingerprint density at radius 1 is 1.23 bits per heavy atom. The van der Waals surface area contributed by atoms with E-state index in [4.69, 9.17) is 4.74 Å². The van der Waals surface area contributed by atoms with Crippen molar-refractivity contribution in [2.24, 2.45) is 5.92 Å². The van der Waals surface area contributed by atoms with Gasteiger partial charge in [0, 0.05) is 36.6 Å². The fourth-order valence-corrected chi connectivity index (χ4v) is 3.52. The van der Waals surface area contributed by atoms with Gasteiger partial charge in [0.25, 0.3) is 0 Å². The molecule has 1 aromatic carbocycles. The van der Waals surface area contributed by atoms with Gasteiger partial charge in [-0.15, -0.1) is 0 Å². The molecule has 1 saturated heterocycles. The van der Waals surface area contributed by atoms with Crippen LogP contribution in [0.3, 0.4) is 0 Å². The van der Waals surface area contributed by atoms with Crippen LogP contribution in [0.4, 0.5) is 0 Å². The highest BCUT2D eigenvalue weighted by molar-refractivity contribution is 5.89. The molecule has 0 saturated carbocycles. The summed E-state index contributed by atoms with van der Waals surface area (Å²) in [6.07, 6.45) is 2.45. The van der Waals surface area contributed by atoms with Gasteiger partial charge in [0.15, 0.2) is 5.69 Å². The number of pyridine rings is 1. The molecule has 0 N–H and O–H groups in total. The van der Waals surface area contributed by atoms with Gasteiger partial charge in [0.1, 0.15) is 5.92 Å². The summed E-state index contributed by atoms with van der Waals surface area (Å²) in [4.78, 5) is 30.5. The number of amides is 1. The second-order valence-corrected chi connectivity index (χ2v) is 7.42. The molecule has 1 aliphatic rings. The Balaban J connectivity index is 1.73. The summed E-state index contributed by atoms with van der Waals surface area (Å²) < 4.78 is 6.62.